The molecule has 2 rings (SSSR count). The van der Waals surface area contributed by atoms with Gasteiger partial charge < -0.3 is 4.90 Å². The average Bonchev–Trinajstić information content (AvgIpc) is 2.55. The molecule has 1 atom stereocenters. The Balaban J connectivity index is 2.21. The van der Waals surface area contributed by atoms with Crippen LogP contribution in [0.3, 0.4) is 0 Å². The van der Waals surface area contributed by atoms with Crippen molar-refractivity contribution in [1.82, 2.24) is 0 Å². The van der Waals surface area contributed by atoms with Crippen LogP contribution in [-0.2, 0) is 0 Å². The van der Waals surface area contributed by atoms with Crippen LogP contribution in [0.25, 0.3) is 6.08 Å². The fraction of sp³-hybridized carbons (Fsp3) is 0.300. The largest absolute Gasteiger partial charge is 0.372 e. The van der Waals surface area contributed by atoms with Crippen LogP contribution in [-0.4, -0.2) is 13.1 Å². The zero-order valence-electron chi connectivity index (χ0n) is 13.3. The second-order valence-electron chi connectivity index (χ2n) is 5.29. The van der Waals surface area contributed by atoms with Gasteiger partial charge in [-0.1, -0.05) is 67.6 Å². The van der Waals surface area contributed by atoms with E-state index in [4.69, 9.17) is 0 Å². The lowest BCUT2D eigenvalue weighted by molar-refractivity contribution is 0.865. The normalized spacial score (nSPS) is 12.5. The Morgan fingerprint density at radius 2 is 1.52 bits per heavy atom. The summed E-state index contributed by atoms with van der Waals surface area (Å²) in [7, 11) is 0. The van der Waals surface area contributed by atoms with Gasteiger partial charge in [0.2, 0.25) is 0 Å². The number of benzene rings is 2. The molecule has 0 aliphatic rings. The summed E-state index contributed by atoms with van der Waals surface area (Å²) in [6.45, 7) is 8.73. The number of allylic oxidation sites excluding steroid dienone is 1. The van der Waals surface area contributed by atoms with Gasteiger partial charge in [0, 0.05) is 18.8 Å². The Hall–Kier alpha value is -2.02. The molecule has 1 heteroatoms. The third kappa shape index (κ3) is 3.98. The number of hydrogen-bond donors (Lipinski definition) is 0. The van der Waals surface area contributed by atoms with Crippen LogP contribution >= 0.6 is 0 Å². The van der Waals surface area contributed by atoms with Crippen LogP contribution in [0.4, 0.5) is 5.69 Å². The molecule has 0 fully saturated rings. The first-order valence-corrected chi connectivity index (χ1v) is 7.83. The van der Waals surface area contributed by atoms with Gasteiger partial charge in [-0.25, -0.2) is 0 Å². The zero-order chi connectivity index (χ0) is 15.1. The maximum Gasteiger partial charge on any atom is 0.0439 e. The van der Waals surface area contributed by atoms with Crippen molar-refractivity contribution < 1.29 is 0 Å². The third-order valence-corrected chi connectivity index (χ3v) is 3.93. The smallest absolute Gasteiger partial charge is 0.0439 e. The lowest BCUT2D eigenvalue weighted by atomic mass is 9.99. The van der Waals surface area contributed by atoms with Crippen LogP contribution in [0, 0.1) is 0 Å². The molecular weight excluding hydrogens is 254 g/mol. The van der Waals surface area contributed by atoms with Gasteiger partial charge in [-0.05, 0) is 37.0 Å². The average molecular weight is 279 g/mol. The number of para-hydroxylation sites is 1. The highest BCUT2D eigenvalue weighted by Gasteiger charge is 2.06. The fourth-order valence-electron chi connectivity index (χ4n) is 2.60. The van der Waals surface area contributed by atoms with Gasteiger partial charge in [-0.15, -0.1) is 0 Å². The quantitative estimate of drug-likeness (QED) is 0.689. The van der Waals surface area contributed by atoms with Crippen molar-refractivity contribution in [1.29, 1.82) is 0 Å². The van der Waals surface area contributed by atoms with Crippen molar-refractivity contribution in [2.75, 3.05) is 18.0 Å². The molecule has 0 aliphatic carbocycles. The Morgan fingerprint density at radius 3 is 2.19 bits per heavy atom. The van der Waals surface area contributed by atoms with Crippen molar-refractivity contribution in [2.45, 2.75) is 26.7 Å². The third-order valence-electron chi connectivity index (χ3n) is 3.93. The molecule has 1 nitrogen and oxygen atoms in total. The van der Waals surface area contributed by atoms with Gasteiger partial charge in [-0.3, -0.25) is 0 Å². The molecule has 21 heavy (non-hydrogen) atoms. The molecule has 0 amide bonds. The summed E-state index contributed by atoms with van der Waals surface area (Å²) in [5.41, 5.74) is 3.97. The molecule has 0 saturated heterocycles. The summed E-state index contributed by atoms with van der Waals surface area (Å²) in [6, 6.07) is 19.3. The molecule has 2 aromatic rings. The van der Waals surface area contributed by atoms with Crippen LogP contribution in [0.15, 0.2) is 60.7 Å². The standard InChI is InChI=1S/C20H25N/c1-4-21(5-2)20-14-10-9-13-19(20)16-15-17(3)18-11-7-6-8-12-18/h6-17H,4-5H2,1-3H3. The van der Waals surface area contributed by atoms with E-state index in [-0.39, 0.29) is 0 Å². The number of nitrogens with zero attached hydrogens (tertiary/aromatic N) is 1. The fourth-order valence-corrected chi connectivity index (χ4v) is 2.60. The van der Waals surface area contributed by atoms with Crippen LogP contribution in [0.1, 0.15) is 37.8 Å². The van der Waals surface area contributed by atoms with E-state index in [0.29, 0.717) is 5.92 Å². The summed E-state index contributed by atoms with van der Waals surface area (Å²) in [6.07, 6.45) is 4.54. The second kappa shape index (κ2) is 7.68. The highest BCUT2D eigenvalue weighted by molar-refractivity contribution is 5.68. The second-order valence-corrected chi connectivity index (χ2v) is 5.29. The van der Waals surface area contributed by atoms with Gasteiger partial charge in [0.05, 0.1) is 0 Å². The molecule has 0 N–H and O–H groups in total. The highest BCUT2D eigenvalue weighted by atomic mass is 15.1. The summed E-state index contributed by atoms with van der Waals surface area (Å²) in [4.78, 5) is 2.40. The molecular formula is C20H25N. The Morgan fingerprint density at radius 1 is 0.905 bits per heavy atom. The van der Waals surface area contributed by atoms with E-state index >= 15 is 0 Å². The van der Waals surface area contributed by atoms with E-state index < -0.39 is 0 Å². The summed E-state index contributed by atoms with van der Waals surface area (Å²) < 4.78 is 0. The van der Waals surface area contributed by atoms with E-state index in [0.717, 1.165) is 13.1 Å². The first-order chi connectivity index (χ1) is 10.3. The minimum Gasteiger partial charge on any atom is -0.372 e. The molecule has 0 heterocycles. The van der Waals surface area contributed by atoms with Gasteiger partial charge >= 0.3 is 0 Å². The molecule has 0 radical (unpaired) electrons. The minimum absolute atomic E-state index is 0.427. The molecule has 0 aromatic heterocycles. The summed E-state index contributed by atoms with van der Waals surface area (Å²) in [5.74, 6) is 0.427. The summed E-state index contributed by atoms with van der Waals surface area (Å²) >= 11 is 0. The lowest BCUT2D eigenvalue weighted by Gasteiger charge is -2.23. The first kappa shape index (κ1) is 15.4. The predicted octanol–water partition coefficient (Wildman–Crippen LogP) is 5.35. The SMILES string of the molecule is CCN(CC)c1ccccc1C=CC(C)c1ccccc1. The van der Waals surface area contributed by atoms with Crippen molar-refractivity contribution >= 4 is 11.8 Å². The predicted molar refractivity (Wildman–Crippen MR) is 93.9 cm³/mol. The van der Waals surface area contributed by atoms with Crippen molar-refractivity contribution in [3.8, 4) is 0 Å². The molecule has 0 bridgehead atoms. The first-order valence-electron chi connectivity index (χ1n) is 7.83. The van der Waals surface area contributed by atoms with Gasteiger partial charge in [-0.2, -0.15) is 0 Å². The van der Waals surface area contributed by atoms with E-state index in [1.165, 1.54) is 16.8 Å². The van der Waals surface area contributed by atoms with Crippen LogP contribution in [0.2, 0.25) is 0 Å². The highest BCUT2D eigenvalue weighted by Crippen LogP contribution is 2.24. The van der Waals surface area contributed by atoms with Crippen molar-refractivity contribution in [2.24, 2.45) is 0 Å². The van der Waals surface area contributed by atoms with Crippen LogP contribution < -0.4 is 4.90 Å². The molecule has 1 unspecified atom stereocenters. The zero-order valence-corrected chi connectivity index (χ0v) is 13.3. The van der Waals surface area contributed by atoms with Crippen molar-refractivity contribution in [3.05, 3.63) is 71.8 Å². The van der Waals surface area contributed by atoms with E-state index in [9.17, 15) is 0 Å². The van der Waals surface area contributed by atoms with Gasteiger partial charge in [0.1, 0.15) is 0 Å². The molecule has 0 saturated carbocycles. The molecule has 0 aliphatic heterocycles. The number of rotatable bonds is 6. The van der Waals surface area contributed by atoms with E-state index in [1.54, 1.807) is 0 Å². The number of hydrogen-bond acceptors (Lipinski definition) is 1. The molecule has 0 spiro atoms. The monoisotopic (exact) mass is 279 g/mol. The van der Waals surface area contributed by atoms with E-state index in [2.05, 4.69) is 92.4 Å². The summed E-state index contributed by atoms with van der Waals surface area (Å²) in [5, 5.41) is 0. The topological polar surface area (TPSA) is 3.24 Å². The van der Waals surface area contributed by atoms with Gasteiger partial charge in [0.15, 0.2) is 0 Å². The van der Waals surface area contributed by atoms with Crippen LogP contribution in [0.5, 0.6) is 0 Å². The molecule has 2 aromatic carbocycles. The van der Waals surface area contributed by atoms with E-state index in [1.807, 2.05) is 0 Å². The minimum atomic E-state index is 0.427. The Bertz CT molecular complexity index is 567. The van der Waals surface area contributed by atoms with Gasteiger partial charge in [0.25, 0.3) is 0 Å². The maximum absolute atomic E-state index is 2.40. The maximum atomic E-state index is 2.40. The Kier molecular flexibility index (Phi) is 5.62. The Labute approximate surface area is 128 Å². The number of anilines is 1. The van der Waals surface area contributed by atoms with Crippen molar-refractivity contribution in [3.63, 3.8) is 0 Å². The lowest BCUT2D eigenvalue weighted by Crippen LogP contribution is -2.22. The molecule has 110 valence electrons.